The summed E-state index contributed by atoms with van der Waals surface area (Å²) < 4.78 is 5.25. The Morgan fingerprint density at radius 2 is 2.18 bits per heavy atom. The van der Waals surface area contributed by atoms with Gasteiger partial charge in [0.05, 0.1) is 12.7 Å². The zero-order valence-corrected chi connectivity index (χ0v) is 7.47. The molecule has 1 saturated heterocycles. The highest BCUT2D eigenvalue weighted by atomic mass is 16.6. The SMILES string of the molecule is CCCCCC1(C(C)O)CO1. The van der Waals surface area contributed by atoms with Crippen LogP contribution in [0.25, 0.3) is 0 Å². The van der Waals surface area contributed by atoms with Gasteiger partial charge >= 0.3 is 0 Å². The quantitative estimate of drug-likeness (QED) is 0.488. The number of hydrogen-bond donors (Lipinski definition) is 1. The summed E-state index contributed by atoms with van der Waals surface area (Å²) in [6.07, 6.45) is 4.40. The van der Waals surface area contributed by atoms with Gasteiger partial charge in [0.2, 0.25) is 0 Å². The van der Waals surface area contributed by atoms with E-state index in [9.17, 15) is 5.11 Å². The van der Waals surface area contributed by atoms with E-state index in [1.165, 1.54) is 19.3 Å². The standard InChI is InChI=1S/C9H18O2/c1-3-4-5-6-9(7-11-9)8(2)10/h8,10H,3-7H2,1-2H3. The van der Waals surface area contributed by atoms with Crippen LogP contribution < -0.4 is 0 Å². The molecule has 66 valence electrons. The van der Waals surface area contributed by atoms with Crippen molar-refractivity contribution in [3.8, 4) is 0 Å². The van der Waals surface area contributed by atoms with Crippen LogP contribution in [0.15, 0.2) is 0 Å². The second-order valence-corrected chi connectivity index (χ2v) is 3.49. The predicted molar refractivity (Wildman–Crippen MR) is 44.5 cm³/mol. The molecular weight excluding hydrogens is 140 g/mol. The Morgan fingerprint density at radius 3 is 2.55 bits per heavy atom. The number of unbranched alkanes of at least 4 members (excludes halogenated alkanes) is 2. The average Bonchev–Trinajstić information content (AvgIpc) is 2.70. The van der Waals surface area contributed by atoms with Crippen molar-refractivity contribution in [1.29, 1.82) is 0 Å². The number of aliphatic hydroxyl groups excluding tert-OH is 1. The fourth-order valence-electron chi connectivity index (χ4n) is 1.36. The minimum Gasteiger partial charge on any atom is -0.390 e. The summed E-state index contributed by atoms with van der Waals surface area (Å²) in [4.78, 5) is 0. The maximum atomic E-state index is 9.32. The normalized spacial score (nSPS) is 31.9. The summed E-state index contributed by atoms with van der Waals surface area (Å²) in [6.45, 7) is 4.76. The first-order chi connectivity index (χ1) is 5.21. The number of epoxide rings is 1. The van der Waals surface area contributed by atoms with Crippen LogP contribution in [0.5, 0.6) is 0 Å². The predicted octanol–water partition coefficient (Wildman–Crippen LogP) is 1.72. The van der Waals surface area contributed by atoms with Gasteiger partial charge in [-0.05, 0) is 13.3 Å². The minimum absolute atomic E-state index is 0.144. The Bertz CT molecular complexity index is 117. The van der Waals surface area contributed by atoms with E-state index in [0.717, 1.165) is 13.0 Å². The zero-order chi connectivity index (χ0) is 8.32. The van der Waals surface area contributed by atoms with E-state index in [2.05, 4.69) is 6.92 Å². The Kier molecular flexibility index (Phi) is 2.90. The summed E-state index contributed by atoms with van der Waals surface area (Å²) in [7, 11) is 0. The van der Waals surface area contributed by atoms with Crippen LogP contribution in [0, 0.1) is 0 Å². The van der Waals surface area contributed by atoms with Crippen LogP contribution in [-0.2, 0) is 4.74 Å². The maximum Gasteiger partial charge on any atom is 0.117 e. The van der Waals surface area contributed by atoms with Gasteiger partial charge in [-0.25, -0.2) is 0 Å². The van der Waals surface area contributed by atoms with Crippen LogP contribution in [-0.4, -0.2) is 23.4 Å². The third-order valence-corrected chi connectivity index (χ3v) is 2.48. The molecule has 1 rings (SSSR count). The van der Waals surface area contributed by atoms with E-state index in [1.807, 2.05) is 6.92 Å². The molecule has 0 aliphatic carbocycles. The Balaban J connectivity index is 2.14. The first-order valence-electron chi connectivity index (χ1n) is 4.53. The topological polar surface area (TPSA) is 32.8 Å². The van der Waals surface area contributed by atoms with Crippen molar-refractivity contribution in [3.05, 3.63) is 0 Å². The number of hydrogen-bond acceptors (Lipinski definition) is 2. The zero-order valence-electron chi connectivity index (χ0n) is 7.47. The second-order valence-electron chi connectivity index (χ2n) is 3.49. The number of rotatable bonds is 5. The first-order valence-corrected chi connectivity index (χ1v) is 4.53. The molecule has 1 aliphatic heterocycles. The molecule has 0 radical (unpaired) electrons. The van der Waals surface area contributed by atoms with Gasteiger partial charge in [0.15, 0.2) is 0 Å². The molecule has 0 aromatic heterocycles. The first kappa shape index (κ1) is 9.01. The Labute approximate surface area is 68.6 Å². The van der Waals surface area contributed by atoms with Crippen molar-refractivity contribution >= 4 is 0 Å². The molecule has 1 aliphatic rings. The second kappa shape index (κ2) is 3.55. The van der Waals surface area contributed by atoms with Crippen molar-refractivity contribution < 1.29 is 9.84 Å². The molecule has 2 unspecified atom stereocenters. The van der Waals surface area contributed by atoms with Gasteiger partial charge < -0.3 is 9.84 Å². The van der Waals surface area contributed by atoms with E-state index in [-0.39, 0.29) is 11.7 Å². The van der Waals surface area contributed by atoms with E-state index >= 15 is 0 Å². The lowest BCUT2D eigenvalue weighted by molar-refractivity contribution is 0.0824. The monoisotopic (exact) mass is 158 g/mol. The summed E-state index contributed by atoms with van der Waals surface area (Å²) in [5.41, 5.74) is -0.144. The molecule has 1 heterocycles. The molecule has 0 bridgehead atoms. The lowest BCUT2D eigenvalue weighted by Crippen LogP contribution is -2.26. The van der Waals surface area contributed by atoms with Gasteiger partial charge in [-0.2, -0.15) is 0 Å². The molecule has 0 amide bonds. The molecule has 2 heteroatoms. The third kappa shape index (κ3) is 2.17. The summed E-state index contributed by atoms with van der Waals surface area (Å²) in [6, 6.07) is 0. The van der Waals surface area contributed by atoms with Crippen LogP contribution in [0.2, 0.25) is 0 Å². The van der Waals surface area contributed by atoms with Crippen molar-refractivity contribution in [1.82, 2.24) is 0 Å². The Hall–Kier alpha value is -0.0800. The summed E-state index contributed by atoms with van der Waals surface area (Å²) in [5.74, 6) is 0. The fraction of sp³-hybridized carbons (Fsp3) is 1.00. The minimum atomic E-state index is -0.292. The molecule has 2 nitrogen and oxygen atoms in total. The molecule has 0 spiro atoms. The van der Waals surface area contributed by atoms with E-state index in [0.29, 0.717) is 0 Å². The van der Waals surface area contributed by atoms with Gasteiger partial charge in [-0.15, -0.1) is 0 Å². The van der Waals surface area contributed by atoms with Gasteiger partial charge in [-0.1, -0.05) is 26.2 Å². The van der Waals surface area contributed by atoms with E-state index in [1.54, 1.807) is 0 Å². The number of ether oxygens (including phenoxy) is 1. The molecule has 11 heavy (non-hydrogen) atoms. The third-order valence-electron chi connectivity index (χ3n) is 2.48. The smallest absolute Gasteiger partial charge is 0.117 e. The highest BCUT2D eigenvalue weighted by Gasteiger charge is 2.48. The summed E-state index contributed by atoms with van der Waals surface area (Å²) >= 11 is 0. The molecule has 1 fully saturated rings. The van der Waals surface area contributed by atoms with Crippen LogP contribution in [0.3, 0.4) is 0 Å². The Morgan fingerprint density at radius 1 is 1.55 bits per heavy atom. The fourth-order valence-corrected chi connectivity index (χ4v) is 1.36. The molecule has 1 N–H and O–H groups in total. The van der Waals surface area contributed by atoms with Crippen LogP contribution in [0.1, 0.15) is 39.5 Å². The number of aliphatic hydroxyl groups is 1. The molecule has 0 saturated carbocycles. The lowest BCUT2D eigenvalue weighted by atomic mass is 9.97. The van der Waals surface area contributed by atoms with E-state index in [4.69, 9.17) is 4.74 Å². The van der Waals surface area contributed by atoms with Gasteiger partial charge in [0.1, 0.15) is 5.60 Å². The highest BCUT2D eigenvalue weighted by Crippen LogP contribution is 2.36. The lowest BCUT2D eigenvalue weighted by Gasteiger charge is -2.13. The average molecular weight is 158 g/mol. The van der Waals surface area contributed by atoms with Gasteiger partial charge in [0.25, 0.3) is 0 Å². The van der Waals surface area contributed by atoms with E-state index < -0.39 is 0 Å². The molecule has 2 atom stereocenters. The summed E-state index contributed by atoms with van der Waals surface area (Å²) in [5, 5.41) is 9.32. The molecule has 0 aromatic rings. The van der Waals surface area contributed by atoms with Crippen molar-refractivity contribution in [2.24, 2.45) is 0 Å². The van der Waals surface area contributed by atoms with Gasteiger partial charge in [0, 0.05) is 0 Å². The van der Waals surface area contributed by atoms with Crippen LogP contribution in [0.4, 0.5) is 0 Å². The molecule has 0 aromatic carbocycles. The highest BCUT2D eigenvalue weighted by molar-refractivity contribution is 4.96. The largest absolute Gasteiger partial charge is 0.390 e. The van der Waals surface area contributed by atoms with Gasteiger partial charge in [-0.3, -0.25) is 0 Å². The van der Waals surface area contributed by atoms with Crippen molar-refractivity contribution in [3.63, 3.8) is 0 Å². The van der Waals surface area contributed by atoms with Crippen LogP contribution >= 0.6 is 0 Å². The van der Waals surface area contributed by atoms with Crippen molar-refractivity contribution in [2.45, 2.75) is 51.2 Å². The maximum absolute atomic E-state index is 9.32. The van der Waals surface area contributed by atoms with Crippen molar-refractivity contribution in [2.75, 3.05) is 6.61 Å². The molecular formula is C9H18O2.